The molecule has 1 N–H and O–H groups in total. The van der Waals surface area contributed by atoms with Crippen molar-refractivity contribution in [2.24, 2.45) is 5.10 Å². The van der Waals surface area contributed by atoms with Crippen molar-refractivity contribution in [2.45, 2.75) is 0 Å². The van der Waals surface area contributed by atoms with Crippen molar-refractivity contribution in [3.63, 3.8) is 0 Å². The lowest BCUT2D eigenvalue weighted by atomic mass is 10.2. The van der Waals surface area contributed by atoms with Gasteiger partial charge in [0.25, 0.3) is 0 Å². The Bertz CT molecular complexity index is 895. The van der Waals surface area contributed by atoms with Crippen LogP contribution in [0, 0.1) is 4.77 Å². The highest BCUT2D eigenvalue weighted by atomic mass is 79.9. The first kappa shape index (κ1) is 15.6. The first-order valence-electron chi connectivity index (χ1n) is 6.93. The van der Waals surface area contributed by atoms with E-state index in [2.05, 4.69) is 31.2 Å². The fraction of sp³-hybridized carbons (Fsp3) is 0. The topological polar surface area (TPSA) is 46.0 Å². The third kappa shape index (κ3) is 3.91. The first-order chi connectivity index (χ1) is 11.2. The van der Waals surface area contributed by atoms with Gasteiger partial charge in [0.15, 0.2) is 5.82 Å². The maximum Gasteiger partial charge on any atom is 0.216 e. The number of nitrogens with one attached hydrogen (secondary N) is 1. The Hall–Kier alpha value is -2.31. The van der Waals surface area contributed by atoms with E-state index in [0.29, 0.717) is 10.6 Å². The van der Waals surface area contributed by atoms with Gasteiger partial charge in [-0.05, 0) is 39.8 Å². The molecule has 23 heavy (non-hydrogen) atoms. The van der Waals surface area contributed by atoms with Crippen LogP contribution >= 0.6 is 28.1 Å². The highest BCUT2D eigenvalue weighted by Gasteiger charge is 2.06. The Labute approximate surface area is 147 Å². The van der Waals surface area contributed by atoms with E-state index >= 15 is 0 Å². The zero-order valence-corrected chi connectivity index (χ0v) is 14.5. The van der Waals surface area contributed by atoms with Gasteiger partial charge in [0.05, 0.1) is 6.21 Å². The van der Waals surface area contributed by atoms with Gasteiger partial charge in [-0.3, -0.25) is 0 Å². The second kappa shape index (κ2) is 7.30. The third-order valence-electron chi connectivity index (χ3n) is 3.08. The molecule has 0 amide bonds. The fourth-order valence-electron chi connectivity index (χ4n) is 2.03. The average molecular weight is 385 g/mol. The summed E-state index contributed by atoms with van der Waals surface area (Å²) in [5.74, 6) is 0.673. The molecule has 0 aliphatic heterocycles. The first-order valence-corrected chi connectivity index (χ1v) is 8.13. The number of halogens is 1. The summed E-state index contributed by atoms with van der Waals surface area (Å²) in [4.78, 5) is 0. The lowest BCUT2D eigenvalue weighted by Gasteiger charge is -2.00. The average Bonchev–Trinajstić information content (AvgIpc) is 2.95. The van der Waals surface area contributed by atoms with Crippen LogP contribution in [0.15, 0.2) is 70.2 Å². The van der Waals surface area contributed by atoms with Crippen molar-refractivity contribution < 1.29 is 0 Å². The predicted molar refractivity (Wildman–Crippen MR) is 100 cm³/mol. The molecule has 1 heterocycles. The van der Waals surface area contributed by atoms with Crippen molar-refractivity contribution in [1.29, 1.82) is 0 Å². The highest BCUT2D eigenvalue weighted by Crippen LogP contribution is 2.17. The number of rotatable bonds is 4. The van der Waals surface area contributed by atoms with Crippen molar-refractivity contribution in [1.82, 2.24) is 14.9 Å². The molecule has 2 aromatic carbocycles. The van der Waals surface area contributed by atoms with Crippen molar-refractivity contribution in [3.05, 3.63) is 75.5 Å². The van der Waals surface area contributed by atoms with E-state index < -0.39 is 0 Å². The van der Waals surface area contributed by atoms with Gasteiger partial charge in [-0.25, -0.2) is 5.10 Å². The standard InChI is InChI=1S/C17H13BrN4S/c18-15(11-13-7-3-1-4-8-13)12-19-22-16(20-21-17(22)23)14-9-5-2-6-10-14/h1-12H,(H,21,23)/b15-11-,19-12+. The summed E-state index contributed by atoms with van der Waals surface area (Å²) in [5.41, 5.74) is 2.03. The molecule has 1 aromatic heterocycles. The van der Waals surface area contributed by atoms with E-state index in [-0.39, 0.29) is 0 Å². The second-order valence-electron chi connectivity index (χ2n) is 4.71. The number of hydrogen-bond acceptors (Lipinski definition) is 3. The number of aromatic nitrogens is 3. The fourth-order valence-corrected chi connectivity index (χ4v) is 2.57. The smallest absolute Gasteiger partial charge is 0.216 e. The van der Waals surface area contributed by atoms with Gasteiger partial charge in [0.2, 0.25) is 4.77 Å². The van der Waals surface area contributed by atoms with Crippen LogP contribution in [0.1, 0.15) is 5.56 Å². The molecule has 4 nitrogen and oxygen atoms in total. The maximum atomic E-state index is 5.25. The molecule has 0 saturated heterocycles. The van der Waals surface area contributed by atoms with E-state index in [1.165, 1.54) is 0 Å². The van der Waals surface area contributed by atoms with Crippen LogP contribution in [0.3, 0.4) is 0 Å². The molecule has 3 aromatic rings. The Morgan fingerprint density at radius 2 is 1.74 bits per heavy atom. The molecule has 114 valence electrons. The summed E-state index contributed by atoms with van der Waals surface area (Å²) >= 11 is 8.75. The van der Waals surface area contributed by atoms with E-state index in [0.717, 1.165) is 15.6 Å². The highest BCUT2D eigenvalue weighted by molar-refractivity contribution is 9.12. The van der Waals surface area contributed by atoms with Gasteiger partial charge in [0, 0.05) is 10.0 Å². The van der Waals surface area contributed by atoms with Crippen LogP contribution in [0.4, 0.5) is 0 Å². The number of nitrogens with zero attached hydrogens (tertiary/aromatic N) is 3. The Morgan fingerprint density at radius 1 is 1.09 bits per heavy atom. The maximum absolute atomic E-state index is 5.25. The van der Waals surface area contributed by atoms with Gasteiger partial charge in [-0.15, -0.1) is 0 Å². The van der Waals surface area contributed by atoms with E-state index in [4.69, 9.17) is 12.2 Å². The summed E-state index contributed by atoms with van der Waals surface area (Å²) in [6, 6.07) is 19.8. The molecule has 0 bridgehead atoms. The number of benzene rings is 2. The minimum Gasteiger partial charge on any atom is -0.250 e. The third-order valence-corrected chi connectivity index (χ3v) is 3.78. The lowest BCUT2D eigenvalue weighted by Crippen LogP contribution is -1.94. The zero-order chi connectivity index (χ0) is 16.1. The number of aromatic amines is 1. The molecule has 0 saturated carbocycles. The Kier molecular flexibility index (Phi) is 4.95. The van der Waals surface area contributed by atoms with Crippen molar-refractivity contribution >= 4 is 40.4 Å². The van der Waals surface area contributed by atoms with Crippen LogP contribution in [0.5, 0.6) is 0 Å². The van der Waals surface area contributed by atoms with E-state index in [9.17, 15) is 0 Å². The monoisotopic (exact) mass is 384 g/mol. The molecular formula is C17H13BrN4S. The van der Waals surface area contributed by atoms with E-state index in [1.54, 1.807) is 10.9 Å². The zero-order valence-electron chi connectivity index (χ0n) is 12.1. The van der Waals surface area contributed by atoms with Gasteiger partial charge < -0.3 is 0 Å². The minimum atomic E-state index is 0.445. The van der Waals surface area contributed by atoms with Crippen LogP contribution in [0.25, 0.3) is 17.5 Å². The minimum absolute atomic E-state index is 0.445. The summed E-state index contributed by atoms with van der Waals surface area (Å²) < 4.78 is 2.89. The SMILES string of the molecule is S=c1[nH]nc(-c2ccccc2)n1/N=C/C(Br)=C/c1ccccc1. The van der Waals surface area contributed by atoms with Gasteiger partial charge in [-0.1, -0.05) is 60.7 Å². The molecule has 6 heteroatoms. The van der Waals surface area contributed by atoms with Crippen molar-refractivity contribution in [3.8, 4) is 11.4 Å². The predicted octanol–water partition coefficient (Wildman–Crippen LogP) is 4.88. The Balaban J connectivity index is 1.90. The van der Waals surface area contributed by atoms with Crippen LogP contribution in [-0.4, -0.2) is 21.1 Å². The molecule has 0 unspecified atom stereocenters. The lowest BCUT2D eigenvalue weighted by molar-refractivity contribution is 0.872. The summed E-state index contributed by atoms with van der Waals surface area (Å²) in [6.45, 7) is 0. The number of H-pyrrole nitrogens is 1. The summed E-state index contributed by atoms with van der Waals surface area (Å²) in [7, 11) is 0. The quantitative estimate of drug-likeness (QED) is 0.514. The molecule has 0 fully saturated rings. The molecule has 0 atom stereocenters. The normalized spacial score (nSPS) is 12.0. The van der Waals surface area contributed by atoms with Crippen LogP contribution in [0.2, 0.25) is 0 Å². The summed E-state index contributed by atoms with van der Waals surface area (Å²) in [6.07, 6.45) is 3.68. The second-order valence-corrected chi connectivity index (χ2v) is 6.02. The molecular weight excluding hydrogens is 372 g/mol. The molecule has 0 aliphatic rings. The molecule has 0 aliphatic carbocycles. The van der Waals surface area contributed by atoms with Crippen molar-refractivity contribution in [2.75, 3.05) is 0 Å². The van der Waals surface area contributed by atoms with Crippen LogP contribution in [-0.2, 0) is 0 Å². The summed E-state index contributed by atoms with van der Waals surface area (Å²) in [5, 5.41) is 11.4. The molecule has 0 radical (unpaired) electrons. The number of hydrogen-bond donors (Lipinski definition) is 1. The molecule has 3 rings (SSSR count). The van der Waals surface area contributed by atoms with Crippen LogP contribution < -0.4 is 0 Å². The number of allylic oxidation sites excluding steroid dienone is 1. The Morgan fingerprint density at radius 3 is 2.43 bits per heavy atom. The van der Waals surface area contributed by atoms with Gasteiger partial charge in [0.1, 0.15) is 0 Å². The van der Waals surface area contributed by atoms with Gasteiger partial charge >= 0.3 is 0 Å². The van der Waals surface area contributed by atoms with Gasteiger partial charge in [-0.2, -0.15) is 14.9 Å². The van der Waals surface area contributed by atoms with E-state index in [1.807, 2.05) is 66.7 Å². The largest absolute Gasteiger partial charge is 0.250 e. The molecule has 0 spiro atoms.